The second kappa shape index (κ2) is 6.48. The molecule has 0 aromatic heterocycles. The highest BCUT2D eigenvalue weighted by Gasteiger charge is 2.42. The van der Waals surface area contributed by atoms with Crippen molar-refractivity contribution in [2.45, 2.75) is 51.9 Å². The van der Waals surface area contributed by atoms with Gasteiger partial charge in [-0.3, -0.25) is 4.79 Å². The van der Waals surface area contributed by atoms with Crippen molar-refractivity contribution >= 4 is 11.9 Å². The highest BCUT2D eigenvalue weighted by Crippen LogP contribution is 2.34. The molecule has 1 saturated heterocycles. The highest BCUT2D eigenvalue weighted by atomic mass is 16.6. The van der Waals surface area contributed by atoms with Gasteiger partial charge in [-0.2, -0.15) is 0 Å². The van der Waals surface area contributed by atoms with Gasteiger partial charge in [0.1, 0.15) is 12.2 Å². The van der Waals surface area contributed by atoms with E-state index < -0.39 is 30.2 Å². The molecular formula is C17H22O5. The third-order valence-electron chi connectivity index (χ3n) is 4.13. The normalized spacial score (nSPS) is 37.3. The zero-order chi connectivity index (χ0) is 16.4. The van der Waals surface area contributed by atoms with Crippen molar-refractivity contribution in [3.63, 3.8) is 0 Å². The molecule has 22 heavy (non-hydrogen) atoms. The smallest absolute Gasteiger partial charge is 0.334 e. The van der Waals surface area contributed by atoms with Crippen LogP contribution in [0.25, 0.3) is 0 Å². The average Bonchev–Trinajstić information content (AvgIpc) is 2.68. The Balaban J connectivity index is 2.37. The Morgan fingerprint density at radius 2 is 2.14 bits per heavy atom. The molecule has 4 atom stereocenters. The van der Waals surface area contributed by atoms with E-state index >= 15 is 0 Å². The van der Waals surface area contributed by atoms with Crippen molar-refractivity contribution in [2.24, 2.45) is 5.92 Å². The largest absolute Gasteiger partial charge is 0.458 e. The number of carbonyl (C=O) groups is 2. The fraction of sp³-hybridized carbons (Fsp3) is 0.529. The van der Waals surface area contributed by atoms with E-state index in [4.69, 9.17) is 9.47 Å². The molecule has 2 aliphatic rings. The van der Waals surface area contributed by atoms with E-state index in [1.807, 2.05) is 19.9 Å². The summed E-state index contributed by atoms with van der Waals surface area (Å²) in [6, 6.07) is 0. The lowest BCUT2D eigenvalue weighted by Crippen LogP contribution is -2.30. The van der Waals surface area contributed by atoms with Gasteiger partial charge < -0.3 is 14.6 Å². The van der Waals surface area contributed by atoms with E-state index in [9.17, 15) is 14.7 Å². The molecule has 120 valence electrons. The summed E-state index contributed by atoms with van der Waals surface area (Å²) < 4.78 is 10.6. The zero-order valence-corrected chi connectivity index (χ0v) is 13.2. The van der Waals surface area contributed by atoms with Gasteiger partial charge in [0.2, 0.25) is 0 Å². The van der Waals surface area contributed by atoms with E-state index in [0.717, 1.165) is 11.1 Å². The number of hydrogen-bond donors (Lipinski definition) is 1. The number of rotatable bonds is 1. The summed E-state index contributed by atoms with van der Waals surface area (Å²) in [5.41, 5.74) is 2.06. The van der Waals surface area contributed by atoms with Gasteiger partial charge >= 0.3 is 11.9 Å². The molecule has 1 heterocycles. The molecule has 0 aromatic rings. The summed E-state index contributed by atoms with van der Waals surface area (Å²) in [5.74, 6) is -1.31. The van der Waals surface area contributed by atoms with Gasteiger partial charge in [0.25, 0.3) is 0 Å². The van der Waals surface area contributed by atoms with Gasteiger partial charge in [0.15, 0.2) is 0 Å². The van der Waals surface area contributed by atoms with Crippen LogP contribution in [0.2, 0.25) is 0 Å². The fourth-order valence-corrected chi connectivity index (χ4v) is 2.94. The summed E-state index contributed by atoms with van der Waals surface area (Å²) in [5, 5.41) is 10.4. The Bertz CT molecular complexity index is 557. The third kappa shape index (κ3) is 3.47. The van der Waals surface area contributed by atoms with E-state index in [2.05, 4.69) is 6.58 Å². The number of aliphatic hydroxyl groups excluding tert-OH is 1. The first-order chi connectivity index (χ1) is 10.3. The van der Waals surface area contributed by atoms with E-state index in [1.54, 1.807) is 6.08 Å². The van der Waals surface area contributed by atoms with E-state index in [0.29, 0.717) is 18.4 Å². The first kappa shape index (κ1) is 16.5. The van der Waals surface area contributed by atoms with Crippen molar-refractivity contribution in [3.05, 3.63) is 35.5 Å². The minimum Gasteiger partial charge on any atom is -0.458 e. The second-order valence-electron chi connectivity index (χ2n) is 5.99. The van der Waals surface area contributed by atoms with Crippen molar-refractivity contribution < 1.29 is 24.2 Å². The maximum atomic E-state index is 11.8. The van der Waals surface area contributed by atoms with Crippen molar-refractivity contribution in [3.8, 4) is 0 Å². The molecule has 1 aliphatic heterocycles. The number of aliphatic hydroxyl groups is 1. The van der Waals surface area contributed by atoms with Gasteiger partial charge in [-0.1, -0.05) is 18.2 Å². The Hall–Kier alpha value is -1.88. The summed E-state index contributed by atoms with van der Waals surface area (Å²) >= 11 is 0. The van der Waals surface area contributed by atoms with Crippen LogP contribution in [0.5, 0.6) is 0 Å². The molecule has 1 aliphatic carbocycles. The SMILES string of the molecule is C=C1C(=O)O[C@H]2/C=C(/C)[C@H](OC(C)=O)C/C=C(\C)C[C@@H](O)[C@@H]12. The first-order valence-corrected chi connectivity index (χ1v) is 7.38. The summed E-state index contributed by atoms with van der Waals surface area (Å²) in [6.45, 7) is 8.85. The van der Waals surface area contributed by atoms with Crippen molar-refractivity contribution in [1.82, 2.24) is 0 Å². The molecule has 0 amide bonds. The molecule has 0 bridgehead atoms. The molecule has 2 rings (SSSR count). The van der Waals surface area contributed by atoms with Crippen LogP contribution in [-0.4, -0.2) is 35.4 Å². The van der Waals surface area contributed by atoms with Crippen LogP contribution < -0.4 is 0 Å². The van der Waals surface area contributed by atoms with Crippen molar-refractivity contribution in [1.29, 1.82) is 0 Å². The number of ether oxygens (including phenoxy) is 2. The number of esters is 2. The third-order valence-corrected chi connectivity index (χ3v) is 4.13. The second-order valence-corrected chi connectivity index (χ2v) is 5.99. The standard InChI is InChI=1S/C17H22O5/c1-9-5-6-14(21-12(4)18)10(2)8-15-16(13(19)7-9)11(3)17(20)22-15/h5,8,13-16,19H,3,6-7H2,1-2,4H3/b9-5+,10-8-/t13-,14-,15+,16-/m1/s1. The van der Waals surface area contributed by atoms with Crippen LogP contribution in [-0.2, 0) is 19.1 Å². The van der Waals surface area contributed by atoms with Gasteiger partial charge in [0.05, 0.1) is 12.0 Å². The molecule has 1 fully saturated rings. The molecule has 1 N–H and O–H groups in total. The quantitative estimate of drug-likeness (QED) is 0.456. The Morgan fingerprint density at radius 3 is 2.77 bits per heavy atom. The van der Waals surface area contributed by atoms with Crippen LogP contribution in [0.15, 0.2) is 35.5 Å². The van der Waals surface area contributed by atoms with E-state index in [1.165, 1.54) is 6.92 Å². The molecular weight excluding hydrogens is 284 g/mol. The average molecular weight is 306 g/mol. The summed E-state index contributed by atoms with van der Waals surface area (Å²) in [4.78, 5) is 23.0. The Kier molecular flexibility index (Phi) is 4.86. The van der Waals surface area contributed by atoms with Crippen LogP contribution in [0.3, 0.4) is 0 Å². The number of fused-ring (bicyclic) bond motifs is 1. The zero-order valence-electron chi connectivity index (χ0n) is 13.2. The lowest BCUT2D eigenvalue weighted by molar-refractivity contribution is -0.144. The van der Waals surface area contributed by atoms with Gasteiger partial charge in [-0.15, -0.1) is 0 Å². The first-order valence-electron chi connectivity index (χ1n) is 7.38. The summed E-state index contributed by atoms with van der Waals surface area (Å²) in [7, 11) is 0. The van der Waals surface area contributed by atoms with Crippen LogP contribution in [0, 0.1) is 5.92 Å². The molecule has 0 spiro atoms. The molecule has 5 nitrogen and oxygen atoms in total. The minimum atomic E-state index is -0.727. The number of carbonyl (C=O) groups excluding carboxylic acids is 2. The molecule has 0 unspecified atom stereocenters. The van der Waals surface area contributed by atoms with E-state index in [-0.39, 0.29) is 5.97 Å². The van der Waals surface area contributed by atoms with Gasteiger partial charge in [-0.25, -0.2) is 4.79 Å². The number of hydrogen-bond acceptors (Lipinski definition) is 5. The van der Waals surface area contributed by atoms with Crippen LogP contribution in [0.1, 0.15) is 33.6 Å². The molecule has 0 radical (unpaired) electrons. The van der Waals surface area contributed by atoms with Gasteiger partial charge in [-0.05, 0) is 31.9 Å². The monoisotopic (exact) mass is 306 g/mol. The molecule has 0 aromatic carbocycles. The minimum absolute atomic E-state index is 0.291. The lowest BCUT2D eigenvalue weighted by atomic mass is 9.85. The molecule has 5 heteroatoms. The molecule has 0 saturated carbocycles. The maximum Gasteiger partial charge on any atom is 0.334 e. The lowest BCUT2D eigenvalue weighted by Gasteiger charge is -2.25. The highest BCUT2D eigenvalue weighted by molar-refractivity contribution is 5.91. The fourth-order valence-electron chi connectivity index (χ4n) is 2.94. The Labute approximate surface area is 130 Å². The Morgan fingerprint density at radius 1 is 1.45 bits per heavy atom. The van der Waals surface area contributed by atoms with Crippen molar-refractivity contribution in [2.75, 3.05) is 0 Å². The van der Waals surface area contributed by atoms with Crippen LogP contribution in [0.4, 0.5) is 0 Å². The predicted molar refractivity (Wildman–Crippen MR) is 80.8 cm³/mol. The van der Waals surface area contributed by atoms with Crippen LogP contribution >= 0.6 is 0 Å². The van der Waals surface area contributed by atoms with Gasteiger partial charge in [0, 0.05) is 18.9 Å². The predicted octanol–water partition coefficient (Wildman–Crippen LogP) is 2.06. The summed E-state index contributed by atoms with van der Waals surface area (Å²) in [6.07, 6.45) is 2.98. The topological polar surface area (TPSA) is 72.8 Å². The maximum absolute atomic E-state index is 11.8.